The minimum Gasteiger partial charge on any atom is -0.503 e. The van der Waals surface area contributed by atoms with E-state index in [4.69, 9.17) is 9.15 Å². The van der Waals surface area contributed by atoms with Crippen LogP contribution in [0.1, 0.15) is 60.3 Å². The fraction of sp³-hybridized carbons (Fsp3) is 0.391. The second-order valence-electron chi connectivity index (χ2n) is 7.89. The van der Waals surface area contributed by atoms with Crippen LogP contribution in [0.2, 0.25) is 0 Å². The Labute approximate surface area is 169 Å². The van der Waals surface area contributed by atoms with Gasteiger partial charge in [0, 0.05) is 13.2 Å². The first-order chi connectivity index (χ1) is 14.0. The number of carbonyl (C=O) groups is 2. The summed E-state index contributed by atoms with van der Waals surface area (Å²) in [4.78, 5) is 27.5. The molecule has 0 bridgehead atoms. The van der Waals surface area contributed by atoms with Crippen molar-refractivity contribution in [1.82, 2.24) is 4.90 Å². The molecule has 1 amide bonds. The van der Waals surface area contributed by atoms with E-state index in [-0.39, 0.29) is 17.4 Å². The Morgan fingerprint density at radius 2 is 2.00 bits per heavy atom. The number of aliphatic hydroxyl groups excluding tert-OH is 1. The molecule has 0 saturated carbocycles. The number of ether oxygens (including phenoxy) is 1. The van der Waals surface area contributed by atoms with Crippen LogP contribution >= 0.6 is 0 Å². The number of amides is 1. The van der Waals surface area contributed by atoms with E-state index >= 15 is 0 Å². The number of aliphatic hydroxyl groups is 1. The first-order valence-corrected chi connectivity index (χ1v) is 10.0. The lowest BCUT2D eigenvalue weighted by Gasteiger charge is -2.29. The van der Waals surface area contributed by atoms with E-state index in [9.17, 15) is 14.7 Å². The summed E-state index contributed by atoms with van der Waals surface area (Å²) in [6.07, 6.45) is 3.10. The summed E-state index contributed by atoms with van der Waals surface area (Å²) < 4.78 is 10.9. The maximum absolute atomic E-state index is 13.1. The van der Waals surface area contributed by atoms with E-state index in [1.54, 1.807) is 11.0 Å². The first kappa shape index (κ1) is 19.5. The molecule has 2 aliphatic heterocycles. The molecule has 0 unspecified atom stereocenters. The maximum Gasteiger partial charge on any atom is 0.290 e. The zero-order chi connectivity index (χ0) is 20.5. The van der Waals surface area contributed by atoms with E-state index in [1.807, 2.05) is 24.3 Å². The van der Waals surface area contributed by atoms with Gasteiger partial charge in [0.15, 0.2) is 11.5 Å². The number of benzene rings is 1. The van der Waals surface area contributed by atoms with Gasteiger partial charge in [0.2, 0.25) is 5.78 Å². The Kier molecular flexibility index (Phi) is 5.28. The molecule has 4 rings (SSSR count). The summed E-state index contributed by atoms with van der Waals surface area (Å²) in [5, 5.41) is 10.6. The monoisotopic (exact) mass is 395 g/mol. The van der Waals surface area contributed by atoms with Crippen LogP contribution < -0.4 is 0 Å². The standard InChI is InChI=1S/C23H25NO5/c1-14(2)15-7-9-16(10-8-15)20-19(21(25)18-6-4-12-29-18)22(26)23(27)24(20)13-17-5-3-11-28-17/h4,6-10,12,14,17,20,26H,3,5,11,13H2,1-2H3/t17-,20-/m1/s1. The molecular formula is C23H25NO5. The van der Waals surface area contributed by atoms with E-state index in [1.165, 1.54) is 12.3 Å². The molecule has 2 atom stereocenters. The molecule has 1 aromatic carbocycles. The van der Waals surface area contributed by atoms with Crippen molar-refractivity contribution in [2.75, 3.05) is 13.2 Å². The van der Waals surface area contributed by atoms with Gasteiger partial charge in [0.1, 0.15) is 0 Å². The molecule has 6 heteroatoms. The van der Waals surface area contributed by atoms with Gasteiger partial charge in [0.25, 0.3) is 5.91 Å². The molecule has 2 aromatic rings. The van der Waals surface area contributed by atoms with Crippen LogP contribution in [0.25, 0.3) is 0 Å². The fourth-order valence-electron chi connectivity index (χ4n) is 4.03. The van der Waals surface area contributed by atoms with Gasteiger partial charge >= 0.3 is 0 Å². The van der Waals surface area contributed by atoms with Gasteiger partial charge in [-0.25, -0.2) is 0 Å². The summed E-state index contributed by atoms with van der Waals surface area (Å²) >= 11 is 0. The van der Waals surface area contributed by atoms with E-state index < -0.39 is 23.5 Å². The van der Waals surface area contributed by atoms with Crippen LogP contribution in [-0.4, -0.2) is 41.0 Å². The van der Waals surface area contributed by atoms with Gasteiger partial charge in [-0.3, -0.25) is 9.59 Å². The second kappa shape index (κ2) is 7.87. The molecule has 2 aliphatic rings. The average molecular weight is 395 g/mol. The van der Waals surface area contributed by atoms with Crippen molar-refractivity contribution < 1.29 is 23.8 Å². The molecule has 1 N–H and O–H groups in total. The Morgan fingerprint density at radius 3 is 2.59 bits per heavy atom. The molecule has 0 radical (unpaired) electrons. The normalized spacial score (nSPS) is 22.2. The lowest BCUT2D eigenvalue weighted by Crippen LogP contribution is -2.37. The smallest absolute Gasteiger partial charge is 0.290 e. The predicted molar refractivity (Wildman–Crippen MR) is 107 cm³/mol. The summed E-state index contributed by atoms with van der Waals surface area (Å²) in [5.41, 5.74) is 2.00. The number of rotatable bonds is 6. The minimum atomic E-state index is -0.675. The second-order valence-corrected chi connectivity index (χ2v) is 7.89. The quantitative estimate of drug-likeness (QED) is 0.743. The molecule has 29 heavy (non-hydrogen) atoms. The molecule has 1 saturated heterocycles. The third-order valence-electron chi connectivity index (χ3n) is 5.64. The Bertz CT molecular complexity index is 921. The topological polar surface area (TPSA) is 80.0 Å². The molecule has 0 spiro atoms. The zero-order valence-electron chi connectivity index (χ0n) is 16.6. The highest BCUT2D eigenvalue weighted by Crippen LogP contribution is 2.40. The number of nitrogens with zero attached hydrogens (tertiary/aromatic N) is 1. The van der Waals surface area contributed by atoms with E-state index in [0.717, 1.165) is 24.0 Å². The zero-order valence-corrected chi connectivity index (χ0v) is 16.6. The van der Waals surface area contributed by atoms with Gasteiger partial charge in [-0.15, -0.1) is 0 Å². The van der Waals surface area contributed by atoms with Crippen LogP contribution in [-0.2, 0) is 9.53 Å². The lowest BCUT2D eigenvalue weighted by atomic mass is 9.93. The van der Waals surface area contributed by atoms with E-state index in [2.05, 4.69) is 13.8 Å². The summed E-state index contributed by atoms with van der Waals surface area (Å²) in [5.74, 6) is -1.07. The Hall–Kier alpha value is -2.86. The van der Waals surface area contributed by atoms with Gasteiger partial charge in [-0.1, -0.05) is 38.1 Å². The van der Waals surface area contributed by atoms with Crippen LogP contribution in [0.3, 0.4) is 0 Å². The van der Waals surface area contributed by atoms with Crippen molar-refractivity contribution in [3.05, 3.63) is 70.9 Å². The Morgan fingerprint density at radius 1 is 1.24 bits per heavy atom. The van der Waals surface area contributed by atoms with Gasteiger partial charge in [-0.05, 0) is 42.0 Å². The summed E-state index contributed by atoms with van der Waals surface area (Å²) in [7, 11) is 0. The highest BCUT2D eigenvalue weighted by Gasteiger charge is 2.45. The van der Waals surface area contributed by atoms with Crippen molar-refractivity contribution in [2.45, 2.75) is 44.8 Å². The van der Waals surface area contributed by atoms with Gasteiger partial charge in [-0.2, -0.15) is 0 Å². The van der Waals surface area contributed by atoms with Crippen molar-refractivity contribution in [3.63, 3.8) is 0 Å². The third kappa shape index (κ3) is 3.60. The van der Waals surface area contributed by atoms with E-state index in [0.29, 0.717) is 19.1 Å². The highest BCUT2D eigenvalue weighted by molar-refractivity contribution is 6.15. The largest absolute Gasteiger partial charge is 0.503 e. The molecule has 152 valence electrons. The number of carbonyl (C=O) groups excluding carboxylic acids is 2. The maximum atomic E-state index is 13.1. The summed E-state index contributed by atoms with van der Waals surface area (Å²) in [6.45, 7) is 5.21. The number of ketones is 1. The molecule has 6 nitrogen and oxygen atoms in total. The lowest BCUT2D eigenvalue weighted by molar-refractivity contribution is -0.131. The number of Topliss-reactive ketones (excluding diaryl/α,β-unsaturated/α-hetero) is 1. The SMILES string of the molecule is CC(C)c1ccc([C@@H]2C(C(=O)c3ccco3)=C(O)C(=O)N2C[C@H]2CCCO2)cc1. The van der Waals surface area contributed by atoms with Crippen molar-refractivity contribution >= 4 is 11.7 Å². The number of hydrogen-bond acceptors (Lipinski definition) is 5. The first-order valence-electron chi connectivity index (χ1n) is 10.0. The van der Waals surface area contributed by atoms with Crippen LogP contribution in [0.15, 0.2) is 58.4 Å². The summed E-state index contributed by atoms with van der Waals surface area (Å²) in [6, 6.07) is 10.3. The number of furan rings is 1. The van der Waals surface area contributed by atoms with Crippen LogP contribution in [0.4, 0.5) is 0 Å². The molecule has 3 heterocycles. The molecule has 0 aliphatic carbocycles. The minimum absolute atomic E-state index is 0.0558. The van der Waals surface area contributed by atoms with Crippen LogP contribution in [0, 0.1) is 0 Å². The van der Waals surface area contributed by atoms with Crippen molar-refractivity contribution in [2.24, 2.45) is 0 Å². The predicted octanol–water partition coefficient (Wildman–Crippen LogP) is 4.16. The molecular weight excluding hydrogens is 370 g/mol. The fourth-order valence-corrected chi connectivity index (χ4v) is 4.03. The van der Waals surface area contributed by atoms with Crippen molar-refractivity contribution in [3.8, 4) is 0 Å². The molecule has 1 aromatic heterocycles. The van der Waals surface area contributed by atoms with Gasteiger partial charge < -0.3 is 19.2 Å². The highest BCUT2D eigenvalue weighted by atomic mass is 16.5. The number of hydrogen-bond donors (Lipinski definition) is 1. The molecule has 1 fully saturated rings. The third-order valence-corrected chi connectivity index (χ3v) is 5.64. The average Bonchev–Trinajstić information content (AvgIpc) is 3.46. The van der Waals surface area contributed by atoms with Gasteiger partial charge in [0.05, 0.1) is 24.0 Å². The van der Waals surface area contributed by atoms with Crippen molar-refractivity contribution in [1.29, 1.82) is 0 Å². The Balaban J connectivity index is 1.74. The van der Waals surface area contributed by atoms with Crippen LogP contribution in [0.5, 0.6) is 0 Å².